The summed E-state index contributed by atoms with van der Waals surface area (Å²) in [6.45, 7) is 7.23. The molecule has 1 saturated heterocycles. The number of ether oxygens (including phenoxy) is 1. The summed E-state index contributed by atoms with van der Waals surface area (Å²) >= 11 is 0. The molecule has 1 aliphatic carbocycles. The molecule has 0 aromatic rings. The van der Waals surface area contributed by atoms with E-state index >= 15 is 0 Å². The second-order valence-corrected chi connectivity index (χ2v) is 6.29. The van der Waals surface area contributed by atoms with E-state index in [1.54, 1.807) is 0 Å². The van der Waals surface area contributed by atoms with E-state index in [0.717, 1.165) is 45.4 Å². The maximum absolute atomic E-state index is 12.1. The summed E-state index contributed by atoms with van der Waals surface area (Å²) in [5.41, 5.74) is 5.98. The van der Waals surface area contributed by atoms with Crippen LogP contribution in [-0.2, 0) is 9.53 Å². The van der Waals surface area contributed by atoms with Gasteiger partial charge in [0.25, 0.3) is 0 Å². The number of hydrogen-bond donors (Lipinski definition) is 1. The Hall–Kier alpha value is -0.650. The zero-order valence-electron chi connectivity index (χ0n) is 13.4. The summed E-state index contributed by atoms with van der Waals surface area (Å²) in [4.78, 5) is 16.6. The van der Waals surface area contributed by atoms with Crippen molar-refractivity contribution in [3.05, 3.63) is 0 Å². The van der Waals surface area contributed by atoms with Crippen LogP contribution in [0, 0.1) is 0 Å². The van der Waals surface area contributed by atoms with E-state index < -0.39 is 0 Å². The average molecular weight is 297 g/mol. The number of rotatable bonds is 6. The lowest BCUT2D eigenvalue weighted by Gasteiger charge is -2.35. The minimum Gasteiger partial charge on any atom is -0.378 e. The summed E-state index contributed by atoms with van der Waals surface area (Å²) in [6, 6.07) is 1.08. The van der Waals surface area contributed by atoms with Crippen molar-refractivity contribution in [2.75, 3.05) is 39.4 Å². The fraction of sp³-hybridized carbons (Fsp3) is 0.938. The van der Waals surface area contributed by atoms with Gasteiger partial charge in [-0.25, -0.2) is 0 Å². The lowest BCUT2D eigenvalue weighted by Crippen LogP contribution is -2.42. The summed E-state index contributed by atoms with van der Waals surface area (Å²) in [6.07, 6.45) is 6.36. The first-order valence-corrected chi connectivity index (χ1v) is 8.56. The molecule has 2 N–H and O–H groups in total. The molecular weight excluding hydrogens is 266 g/mol. The molecular formula is C16H31N3O2. The van der Waals surface area contributed by atoms with Gasteiger partial charge in [-0.05, 0) is 45.2 Å². The fourth-order valence-corrected chi connectivity index (χ4v) is 3.47. The molecule has 1 amide bonds. The third-order valence-corrected chi connectivity index (χ3v) is 4.86. The Balaban J connectivity index is 1.66. The highest BCUT2D eigenvalue weighted by Gasteiger charge is 2.23. The minimum atomic E-state index is 0.292. The van der Waals surface area contributed by atoms with Gasteiger partial charge in [0.05, 0.1) is 13.2 Å². The Bertz CT molecular complexity index is 311. The lowest BCUT2D eigenvalue weighted by atomic mass is 9.90. The van der Waals surface area contributed by atoms with Crippen LogP contribution in [0.15, 0.2) is 0 Å². The molecule has 0 spiro atoms. The average Bonchev–Trinajstić information content (AvgIpc) is 2.53. The number of carbonyl (C=O) groups excluding carboxylic acids is 1. The second-order valence-electron chi connectivity index (χ2n) is 6.29. The van der Waals surface area contributed by atoms with Crippen LogP contribution in [-0.4, -0.2) is 67.2 Å². The van der Waals surface area contributed by atoms with Crippen LogP contribution in [0.1, 0.15) is 45.4 Å². The van der Waals surface area contributed by atoms with E-state index in [-0.39, 0.29) is 0 Å². The maximum Gasteiger partial charge on any atom is 0.222 e. The fourth-order valence-electron chi connectivity index (χ4n) is 3.47. The highest BCUT2D eigenvalue weighted by molar-refractivity contribution is 5.76. The third-order valence-electron chi connectivity index (χ3n) is 4.86. The van der Waals surface area contributed by atoms with E-state index in [4.69, 9.17) is 10.5 Å². The number of amides is 1. The van der Waals surface area contributed by atoms with Crippen molar-refractivity contribution >= 4 is 5.91 Å². The maximum atomic E-state index is 12.1. The topological polar surface area (TPSA) is 58.8 Å². The first-order valence-electron chi connectivity index (χ1n) is 8.56. The Kier molecular flexibility index (Phi) is 6.93. The molecule has 0 aromatic carbocycles. The summed E-state index contributed by atoms with van der Waals surface area (Å²) in [7, 11) is 0. The van der Waals surface area contributed by atoms with Crippen molar-refractivity contribution in [2.45, 2.75) is 57.5 Å². The van der Waals surface area contributed by atoms with E-state index in [2.05, 4.69) is 11.8 Å². The molecule has 2 fully saturated rings. The van der Waals surface area contributed by atoms with Crippen molar-refractivity contribution in [2.24, 2.45) is 5.73 Å². The van der Waals surface area contributed by atoms with Crippen LogP contribution in [0.2, 0.25) is 0 Å². The Morgan fingerprint density at radius 3 is 2.52 bits per heavy atom. The Morgan fingerprint density at radius 2 is 1.90 bits per heavy atom. The zero-order chi connectivity index (χ0) is 15.1. The molecule has 21 heavy (non-hydrogen) atoms. The van der Waals surface area contributed by atoms with Crippen LogP contribution in [0.25, 0.3) is 0 Å². The van der Waals surface area contributed by atoms with Gasteiger partial charge in [-0.1, -0.05) is 6.92 Å². The highest BCUT2D eigenvalue weighted by Crippen LogP contribution is 2.22. The molecule has 1 saturated carbocycles. The minimum absolute atomic E-state index is 0.292. The predicted octanol–water partition coefficient (Wildman–Crippen LogP) is 1.22. The van der Waals surface area contributed by atoms with Crippen LogP contribution < -0.4 is 5.73 Å². The molecule has 2 rings (SSSR count). The van der Waals surface area contributed by atoms with E-state index in [1.807, 2.05) is 4.90 Å². The lowest BCUT2D eigenvalue weighted by molar-refractivity contribution is -0.135. The number of carbonyl (C=O) groups is 1. The molecule has 0 atom stereocenters. The molecule has 0 radical (unpaired) electrons. The number of morpholine rings is 1. The van der Waals surface area contributed by atoms with Crippen molar-refractivity contribution in [3.8, 4) is 0 Å². The molecule has 0 aromatic heterocycles. The summed E-state index contributed by atoms with van der Waals surface area (Å²) in [5.74, 6) is 0.292. The van der Waals surface area contributed by atoms with Crippen LogP contribution in [0.5, 0.6) is 0 Å². The summed E-state index contributed by atoms with van der Waals surface area (Å²) in [5, 5.41) is 0. The van der Waals surface area contributed by atoms with Crippen LogP contribution in [0.4, 0.5) is 0 Å². The molecule has 1 aliphatic heterocycles. The van der Waals surface area contributed by atoms with Gasteiger partial charge < -0.3 is 20.3 Å². The van der Waals surface area contributed by atoms with Gasteiger partial charge in [-0.3, -0.25) is 4.79 Å². The highest BCUT2D eigenvalue weighted by atomic mass is 16.5. The van der Waals surface area contributed by atoms with Crippen molar-refractivity contribution in [1.82, 2.24) is 9.80 Å². The second kappa shape index (κ2) is 8.71. The summed E-state index contributed by atoms with van der Waals surface area (Å²) < 4.78 is 5.29. The van der Waals surface area contributed by atoms with E-state index in [0.29, 0.717) is 37.6 Å². The van der Waals surface area contributed by atoms with Gasteiger partial charge in [0.15, 0.2) is 0 Å². The third kappa shape index (κ3) is 5.24. The van der Waals surface area contributed by atoms with E-state index in [1.165, 1.54) is 12.8 Å². The normalized spacial score (nSPS) is 27.1. The van der Waals surface area contributed by atoms with Crippen molar-refractivity contribution in [1.29, 1.82) is 0 Å². The standard InChI is InChI=1S/C16H31N3O2/c1-2-18(15-7-5-14(17)6-8-15)9-3-4-16(20)19-10-12-21-13-11-19/h14-15H,2-13,17H2,1H3. The monoisotopic (exact) mass is 297 g/mol. The van der Waals surface area contributed by atoms with Gasteiger partial charge in [0, 0.05) is 31.6 Å². The van der Waals surface area contributed by atoms with Gasteiger partial charge in [-0.2, -0.15) is 0 Å². The molecule has 5 heteroatoms. The molecule has 2 aliphatic rings. The zero-order valence-corrected chi connectivity index (χ0v) is 13.4. The van der Waals surface area contributed by atoms with Crippen LogP contribution >= 0.6 is 0 Å². The molecule has 0 bridgehead atoms. The van der Waals surface area contributed by atoms with Gasteiger partial charge in [-0.15, -0.1) is 0 Å². The SMILES string of the molecule is CCN(CCCC(=O)N1CCOCC1)C1CCC(N)CC1. The number of nitrogens with two attached hydrogens (primary N) is 1. The Morgan fingerprint density at radius 1 is 1.24 bits per heavy atom. The number of nitrogens with zero attached hydrogens (tertiary/aromatic N) is 2. The smallest absolute Gasteiger partial charge is 0.222 e. The molecule has 0 unspecified atom stereocenters. The van der Waals surface area contributed by atoms with Crippen LogP contribution in [0.3, 0.4) is 0 Å². The van der Waals surface area contributed by atoms with Gasteiger partial charge in [0.2, 0.25) is 5.91 Å². The van der Waals surface area contributed by atoms with E-state index in [9.17, 15) is 4.79 Å². The van der Waals surface area contributed by atoms with Gasteiger partial charge in [0.1, 0.15) is 0 Å². The molecule has 1 heterocycles. The van der Waals surface area contributed by atoms with Gasteiger partial charge >= 0.3 is 0 Å². The van der Waals surface area contributed by atoms with Crippen molar-refractivity contribution in [3.63, 3.8) is 0 Å². The quantitative estimate of drug-likeness (QED) is 0.801. The molecule has 122 valence electrons. The molecule has 5 nitrogen and oxygen atoms in total. The van der Waals surface area contributed by atoms with Crippen molar-refractivity contribution < 1.29 is 9.53 Å². The first-order chi connectivity index (χ1) is 10.2. The largest absolute Gasteiger partial charge is 0.378 e. The first kappa shape index (κ1) is 16.7. The number of hydrogen-bond acceptors (Lipinski definition) is 4. The predicted molar refractivity (Wildman–Crippen MR) is 84.1 cm³/mol. The Labute approximate surface area is 128 Å².